The summed E-state index contributed by atoms with van der Waals surface area (Å²) < 4.78 is 45.4. The van der Waals surface area contributed by atoms with E-state index in [1.165, 1.54) is 6.20 Å². The number of nitrogens with zero attached hydrogens (tertiary/aromatic N) is 1. The van der Waals surface area contributed by atoms with E-state index in [0.29, 0.717) is 12.0 Å². The van der Waals surface area contributed by atoms with Gasteiger partial charge in [-0.15, -0.1) is 0 Å². The van der Waals surface area contributed by atoms with Gasteiger partial charge in [-0.25, -0.2) is 4.98 Å². The van der Waals surface area contributed by atoms with Crippen molar-refractivity contribution in [3.05, 3.63) is 95.2 Å². The summed E-state index contributed by atoms with van der Waals surface area (Å²) in [7, 11) is 0. The highest BCUT2D eigenvalue weighted by Crippen LogP contribution is 2.36. The second-order valence-corrected chi connectivity index (χ2v) is 5.63. The first-order valence-electron chi connectivity index (χ1n) is 7.79. The normalized spacial score (nSPS) is 11.3. The maximum Gasteiger partial charge on any atom is 0.421 e. The number of halogens is 3. The smallest absolute Gasteiger partial charge is 0.421 e. The highest BCUT2D eigenvalue weighted by Gasteiger charge is 2.35. The van der Waals surface area contributed by atoms with Gasteiger partial charge in [0, 0.05) is 6.20 Å². The number of aromatic nitrogens is 1. The third-order valence-electron chi connectivity index (χ3n) is 3.68. The zero-order valence-corrected chi connectivity index (χ0v) is 13.3. The molecular weight excluding hydrogens is 327 g/mol. The summed E-state index contributed by atoms with van der Waals surface area (Å²) in [5.74, 6) is -0.395. The first-order chi connectivity index (χ1) is 12.0. The molecule has 1 heterocycles. The predicted molar refractivity (Wildman–Crippen MR) is 89.3 cm³/mol. The van der Waals surface area contributed by atoms with Gasteiger partial charge in [-0.3, -0.25) is 0 Å². The van der Waals surface area contributed by atoms with Gasteiger partial charge in [0.15, 0.2) is 0 Å². The molecule has 2 nitrogen and oxygen atoms in total. The summed E-state index contributed by atoms with van der Waals surface area (Å²) in [6.45, 7) is 0.0367. The van der Waals surface area contributed by atoms with Crippen LogP contribution in [0.2, 0.25) is 0 Å². The first-order valence-corrected chi connectivity index (χ1v) is 7.79. The minimum atomic E-state index is -4.52. The van der Waals surface area contributed by atoms with E-state index in [1.807, 2.05) is 36.4 Å². The molecule has 1 aromatic heterocycles. The third-order valence-corrected chi connectivity index (χ3v) is 3.68. The first kappa shape index (κ1) is 17.0. The molecule has 3 rings (SSSR count). The average Bonchev–Trinajstić information content (AvgIpc) is 2.61. The maximum atomic E-state index is 13.4. The molecule has 0 fully saturated rings. The Labute approximate surface area is 143 Å². The summed E-state index contributed by atoms with van der Waals surface area (Å²) in [5.41, 5.74) is 1.35. The van der Waals surface area contributed by atoms with Crippen LogP contribution < -0.4 is 4.74 Å². The van der Waals surface area contributed by atoms with Crippen molar-refractivity contribution in [2.45, 2.75) is 19.2 Å². The predicted octanol–water partition coefficient (Wildman–Crippen LogP) is 5.27. The molecule has 25 heavy (non-hydrogen) atoms. The second-order valence-electron chi connectivity index (χ2n) is 5.63. The monoisotopic (exact) mass is 343 g/mol. The molecular formula is C20H16F3NO. The van der Waals surface area contributed by atoms with Gasteiger partial charge in [-0.05, 0) is 29.2 Å². The lowest BCUT2D eigenvalue weighted by Crippen LogP contribution is -2.11. The van der Waals surface area contributed by atoms with E-state index in [0.717, 1.165) is 17.2 Å². The highest BCUT2D eigenvalue weighted by molar-refractivity contribution is 5.35. The lowest BCUT2D eigenvalue weighted by Gasteiger charge is -2.14. The lowest BCUT2D eigenvalue weighted by molar-refractivity contribution is -0.139. The van der Waals surface area contributed by atoms with Crippen LogP contribution in [0.3, 0.4) is 0 Å². The van der Waals surface area contributed by atoms with Crippen molar-refractivity contribution in [1.29, 1.82) is 0 Å². The molecule has 0 spiro atoms. The Balaban J connectivity index is 1.83. The van der Waals surface area contributed by atoms with Gasteiger partial charge in [-0.1, -0.05) is 60.7 Å². The van der Waals surface area contributed by atoms with Crippen molar-refractivity contribution in [2.24, 2.45) is 0 Å². The zero-order valence-electron chi connectivity index (χ0n) is 13.3. The Morgan fingerprint density at radius 3 is 2.00 bits per heavy atom. The third kappa shape index (κ3) is 4.59. The van der Waals surface area contributed by atoms with Crippen LogP contribution in [0.15, 0.2) is 72.9 Å². The van der Waals surface area contributed by atoms with Crippen molar-refractivity contribution < 1.29 is 17.9 Å². The SMILES string of the molecule is FC(F)(F)c1cc(Cc2ccccc2)cnc1OCc1ccccc1. The van der Waals surface area contributed by atoms with Crippen LogP contribution in [0.25, 0.3) is 0 Å². The molecule has 2 aromatic carbocycles. The van der Waals surface area contributed by atoms with Crippen molar-refractivity contribution in [2.75, 3.05) is 0 Å². The van der Waals surface area contributed by atoms with Crippen LogP contribution in [0.4, 0.5) is 13.2 Å². The van der Waals surface area contributed by atoms with E-state index in [1.54, 1.807) is 24.3 Å². The van der Waals surface area contributed by atoms with Crippen LogP contribution in [0.5, 0.6) is 5.88 Å². The van der Waals surface area contributed by atoms with Crippen molar-refractivity contribution in [1.82, 2.24) is 4.98 Å². The van der Waals surface area contributed by atoms with Gasteiger partial charge in [0.25, 0.3) is 0 Å². The van der Waals surface area contributed by atoms with Gasteiger partial charge >= 0.3 is 6.18 Å². The summed E-state index contributed by atoms with van der Waals surface area (Å²) >= 11 is 0. The molecule has 0 aliphatic heterocycles. The Morgan fingerprint density at radius 2 is 1.40 bits per heavy atom. The fraction of sp³-hybridized carbons (Fsp3) is 0.150. The summed E-state index contributed by atoms with van der Waals surface area (Å²) in [4.78, 5) is 3.91. The molecule has 0 amide bonds. The van der Waals surface area contributed by atoms with E-state index < -0.39 is 17.6 Å². The molecule has 0 atom stereocenters. The number of hydrogen-bond donors (Lipinski definition) is 0. The van der Waals surface area contributed by atoms with Gasteiger partial charge in [0.1, 0.15) is 12.2 Å². The van der Waals surface area contributed by atoms with Gasteiger partial charge in [0.2, 0.25) is 5.88 Å². The summed E-state index contributed by atoms with van der Waals surface area (Å²) in [5, 5.41) is 0. The number of alkyl halides is 3. The molecule has 0 radical (unpaired) electrons. The standard InChI is InChI=1S/C20H16F3NO/c21-20(22,23)18-12-17(11-15-7-3-1-4-8-15)13-24-19(18)25-14-16-9-5-2-6-10-16/h1-10,12-13H,11,14H2. The van der Waals surface area contributed by atoms with Crippen LogP contribution in [-0.2, 0) is 19.2 Å². The Morgan fingerprint density at radius 1 is 0.800 bits per heavy atom. The lowest BCUT2D eigenvalue weighted by atomic mass is 10.1. The van der Waals surface area contributed by atoms with E-state index in [-0.39, 0.29) is 6.61 Å². The molecule has 128 valence electrons. The topological polar surface area (TPSA) is 22.1 Å². The summed E-state index contributed by atoms with van der Waals surface area (Å²) in [6, 6.07) is 19.4. The summed E-state index contributed by atoms with van der Waals surface area (Å²) in [6.07, 6.45) is -2.70. The van der Waals surface area contributed by atoms with Crippen molar-refractivity contribution in [3.63, 3.8) is 0 Å². The average molecular weight is 343 g/mol. The molecule has 5 heteroatoms. The van der Waals surface area contributed by atoms with Gasteiger partial charge in [0.05, 0.1) is 0 Å². The minimum absolute atomic E-state index is 0.0367. The zero-order chi connectivity index (χ0) is 17.7. The van der Waals surface area contributed by atoms with Crippen LogP contribution in [0.1, 0.15) is 22.3 Å². The fourth-order valence-corrected chi connectivity index (χ4v) is 2.47. The van der Waals surface area contributed by atoms with Crippen LogP contribution >= 0.6 is 0 Å². The number of pyridine rings is 1. The fourth-order valence-electron chi connectivity index (χ4n) is 2.47. The Kier molecular flexibility index (Phi) is 5.03. The van der Waals surface area contributed by atoms with E-state index in [9.17, 15) is 13.2 Å². The van der Waals surface area contributed by atoms with Crippen LogP contribution in [0, 0.1) is 0 Å². The number of ether oxygens (including phenoxy) is 1. The largest absolute Gasteiger partial charge is 0.472 e. The molecule has 0 N–H and O–H groups in total. The minimum Gasteiger partial charge on any atom is -0.472 e. The van der Waals surface area contributed by atoms with Crippen molar-refractivity contribution in [3.8, 4) is 5.88 Å². The molecule has 0 saturated carbocycles. The van der Waals surface area contributed by atoms with Crippen molar-refractivity contribution >= 4 is 0 Å². The van der Waals surface area contributed by atoms with Crippen LogP contribution in [-0.4, -0.2) is 4.98 Å². The number of rotatable bonds is 5. The molecule has 0 saturated heterocycles. The molecule has 0 aliphatic carbocycles. The van der Waals surface area contributed by atoms with Gasteiger partial charge < -0.3 is 4.74 Å². The Hall–Kier alpha value is -2.82. The highest BCUT2D eigenvalue weighted by atomic mass is 19.4. The van der Waals surface area contributed by atoms with E-state index >= 15 is 0 Å². The second kappa shape index (κ2) is 7.38. The quantitative estimate of drug-likeness (QED) is 0.629. The molecule has 0 unspecified atom stereocenters. The molecule has 3 aromatic rings. The van der Waals surface area contributed by atoms with E-state index in [2.05, 4.69) is 4.98 Å². The number of hydrogen-bond acceptors (Lipinski definition) is 2. The molecule has 0 aliphatic rings. The van der Waals surface area contributed by atoms with E-state index in [4.69, 9.17) is 4.74 Å². The molecule has 0 bridgehead atoms. The Bertz CT molecular complexity index is 817. The number of benzene rings is 2. The maximum absolute atomic E-state index is 13.4. The van der Waals surface area contributed by atoms with Gasteiger partial charge in [-0.2, -0.15) is 13.2 Å².